The zero-order valence-corrected chi connectivity index (χ0v) is 11.9. The lowest BCUT2D eigenvalue weighted by molar-refractivity contribution is 1.09. The van der Waals surface area contributed by atoms with E-state index in [9.17, 15) is 0 Å². The third-order valence-corrected chi connectivity index (χ3v) is 4.53. The molecule has 1 aromatic rings. The van der Waals surface area contributed by atoms with Crippen LogP contribution in [0.5, 0.6) is 0 Å². The van der Waals surface area contributed by atoms with Crippen LogP contribution in [0.3, 0.4) is 0 Å². The smallest absolute Gasteiger partial charge is 0.0496 e. The largest absolute Gasteiger partial charge is 0.0825 e. The van der Waals surface area contributed by atoms with E-state index < -0.39 is 0 Å². The summed E-state index contributed by atoms with van der Waals surface area (Å²) in [5, 5.41) is 0. The third kappa shape index (κ3) is 2.43. The summed E-state index contributed by atoms with van der Waals surface area (Å²) in [4.78, 5) is 1.35. The SMILES string of the molecule is CC(=S)Sc1c(C)c(C)c(C)c(C)c1C. The first-order valence-electron chi connectivity index (χ1n) is 5.11. The fourth-order valence-corrected chi connectivity index (χ4v) is 2.91. The van der Waals surface area contributed by atoms with E-state index in [1.807, 2.05) is 6.92 Å². The van der Waals surface area contributed by atoms with Crippen LogP contribution in [0.2, 0.25) is 0 Å². The van der Waals surface area contributed by atoms with Gasteiger partial charge in [-0.15, -0.1) is 0 Å². The molecular weight excluding hydrogens is 220 g/mol. The lowest BCUT2D eigenvalue weighted by atomic mass is 9.95. The summed E-state index contributed by atoms with van der Waals surface area (Å²) >= 11 is 6.90. The van der Waals surface area contributed by atoms with E-state index in [-0.39, 0.29) is 0 Å². The Kier molecular flexibility index (Phi) is 3.96. The average Bonchev–Trinajstić information content (AvgIpc) is 2.18. The topological polar surface area (TPSA) is 0 Å². The monoisotopic (exact) mass is 238 g/mol. The van der Waals surface area contributed by atoms with Crippen molar-refractivity contribution in [3.8, 4) is 0 Å². The zero-order valence-electron chi connectivity index (χ0n) is 10.3. The van der Waals surface area contributed by atoms with Crippen LogP contribution in [-0.2, 0) is 0 Å². The van der Waals surface area contributed by atoms with Gasteiger partial charge in [0.1, 0.15) is 0 Å². The molecule has 0 saturated heterocycles. The summed E-state index contributed by atoms with van der Waals surface area (Å²) in [6.07, 6.45) is 0. The molecule has 0 radical (unpaired) electrons. The highest BCUT2D eigenvalue weighted by atomic mass is 32.2. The van der Waals surface area contributed by atoms with Crippen LogP contribution in [0.4, 0.5) is 0 Å². The van der Waals surface area contributed by atoms with Crippen LogP contribution < -0.4 is 0 Å². The van der Waals surface area contributed by atoms with Crippen LogP contribution in [-0.4, -0.2) is 4.20 Å². The van der Waals surface area contributed by atoms with E-state index in [4.69, 9.17) is 12.2 Å². The van der Waals surface area contributed by atoms with Gasteiger partial charge in [0.25, 0.3) is 0 Å². The molecule has 0 bridgehead atoms. The first-order valence-corrected chi connectivity index (χ1v) is 6.34. The summed E-state index contributed by atoms with van der Waals surface area (Å²) in [7, 11) is 0. The average molecular weight is 238 g/mol. The lowest BCUT2D eigenvalue weighted by Crippen LogP contribution is -1.99. The molecule has 0 nitrogen and oxygen atoms in total. The van der Waals surface area contributed by atoms with Crippen molar-refractivity contribution in [3.63, 3.8) is 0 Å². The molecule has 2 heteroatoms. The number of hydrogen-bond donors (Lipinski definition) is 0. The minimum absolute atomic E-state index is 0.990. The van der Waals surface area contributed by atoms with Gasteiger partial charge in [0.2, 0.25) is 0 Å². The zero-order chi connectivity index (χ0) is 11.7. The Balaban J connectivity index is 3.45. The summed E-state index contributed by atoms with van der Waals surface area (Å²) in [5.74, 6) is 0. The molecule has 0 heterocycles. The Labute approximate surface area is 102 Å². The molecule has 0 aliphatic rings. The Morgan fingerprint density at radius 2 is 1.13 bits per heavy atom. The van der Waals surface area contributed by atoms with Crippen molar-refractivity contribution in [2.75, 3.05) is 0 Å². The Morgan fingerprint density at radius 1 is 0.800 bits per heavy atom. The minimum Gasteiger partial charge on any atom is -0.0825 e. The van der Waals surface area contributed by atoms with E-state index >= 15 is 0 Å². The van der Waals surface area contributed by atoms with E-state index in [2.05, 4.69) is 34.6 Å². The van der Waals surface area contributed by atoms with Crippen molar-refractivity contribution in [2.45, 2.75) is 46.4 Å². The van der Waals surface area contributed by atoms with E-state index in [0.717, 1.165) is 4.20 Å². The predicted octanol–water partition coefficient (Wildman–Crippen LogP) is 4.67. The molecule has 0 spiro atoms. The highest BCUT2D eigenvalue weighted by Crippen LogP contribution is 2.33. The number of hydrogen-bond acceptors (Lipinski definition) is 2. The fourth-order valence-electron chi connectivity index (χ4n) is 1.76. The van der Waals surface area contributed by atoms with E-state index in [1.54, 1.807) is 11.8 Å². The van der Waals surface area contributed by atoms with Gasteiger partial charge >= 0.3 is 0 Å². The highest BCUT2D eigenvalue weighted by molar-refractivity contribution is 8.23. The van der Waals surface area contributed by atoms with Gasteiger partial charge in [-0.3, -0.25) is 0 Å². The lowest BCUT2D eigenvalue weighted by Gasteiger charge is -2.17. The second-order valence-electron chi connectivity index (χ2n) is 4.05. The molecule has 1 rings (SSSR count). The molecule has 0 N–H and O–H groups in total. The number of rotatable bonds is 1. The minimum atomic E-state index is 0.990. The Bertz CT molecular complexity index is 388. The fraction of sp³-hybridized carbons (Fsp3) is 0.462. The molecule has 0 saturated carbocycles. The molecule has 0 unspecified atom stereocenters. The molecule has 0 aliphatic carbocycles. The van der Waals surface area contributed by atoms with Crippen molar-refractivity contribution in [1.29, 1.82) is 0 Å². The third-order valence-electron chi connectivity index (χ3n) is 3.18. The molecular formula is C13H18S2. The molecule has 0 atom stereocenters. The van der Waals surface area contributed by atoms with Crippen molar-refractivity contribution in [2.24, 2.45) is 0 Å². The molecule has 15 heavy (non-hydrogen) atoms. The quantitative estimate of drug-likeness (QED) is 0.515. The molecule has 0 fully saturated rings. The molecule has 0 aromatic heterocycles. The number of benzene rings is 1. The van der Waals surface area contributed by atoms with Gasteiger partial charge < -0.3 is 0 Å². The van der Waals surface area contributed by atoms with Crippen molar-refractivity contribution >= 4 is 28.2 Å². The van der Waals surface area contributed by atoms with Crippen molar-refractivity contribution < 1.29 is 0 Å². The first kappa shape index (κ1) is 12.7. The van der Waals surface area contributed by atoms with Crippen molar-refractivity contribution in [1.82, 2.24) is 0 Å². The van der Waals surface area contributed by atoms with Gasteiger partial charge in [-0.1, -0.05) is 24.0 Å². The summed E-state index contributed by atoms with van der Waals surface area (Å²) < 4.78 is 0.990. The van der Waals surface area contributed by atoms with Crippen LogP contribution in [0, 0.1) is 34.6 Å². The molecule has 1 aromatic carbocycles. The normalized spacial score (nSPS) is 10.5. The predicted molar refractivity (Wildman–Crippen MR) is 74.3 cm³/mol. The molecule has 0 amide bonds. The maximum Gasteiger partial charge on any atom is 0.0496 e. The van der Waals surface area contributed by atoms with Crippen molar-refractivity contribution in [3.05, 3.63) is 27.8 Å². The number of thioether (sulfide) groups is 1. The van der Waals surface area contributed by atoms with Crippen LogP contribution in [0.1, 0.15) is 34.7 Å². The van der Waals surface area contributed by atoms with Gasteiger partial charge in [0.15, 0.2) is 0 Å². The Hall–Kier alpha value is -0.340. The Morgan fingerprint density at radius 3 is 1.47 bits per heavy atom. The van der Waals surface area contributed by atoms with Crippen LogP contribution in [0.25, 0.3) is 0 Å². The summed E-state index contributed by atoms with van der Waals surface area (Å²) in [6, 6.07) is 0. The molecule has 0 aliphatic heterocycles. The second-order valence-corrected chi connectivity index (χ2v) is 6.14. The van der Waals surface area contributed by atoms with Gasteiger partial charge in [-0.25, -0.2) is 0 Å². The summed E-state index contributed by atoms with van der Waals surface area (Å²) in [6.45, 7) is 13.0. The van der Waals surface area contributed by atoms with Gasteiger partial charge in [-0.05, 0) is 69.4 Å². The summed E-state index contributed by atoms with van der Waals surface area (Å²) in [5.41, 5.74) is 6.97. The van der Waals surface area contributed by atoms with Gasteiger partial charge in [-0.2, -0.15) is 0 Å². The van der Waals surface area contributed by atoms with E-state index in [1.165, 1.54) is 32.7 Å². The second kappa shape index (κ2) is 4.67. The maximum atomic E-state index is 5.18. The first-order chi connectivity index (χ1) is 6.86. The van der Waals surface area contributed by atoms with E-state index in [0.29, 0.717) is 0 Å². The molecule has 82 valence electrons. The highest BCUT2D eigenvalue weighted by Gasteiger charge is 2.12. The standard InChI is InChI=1S/C13H18S2/c1-7-8(2)10(4)13(15-12(6)14)11(5)9(7)3/h1-6H3. The number of thiocarbonyl (C=S) groups is 1. The maximum absolute atomic E-state index is 5.18. The van der Waals surface area contributed by atoms with Crippen LogP contribution >= 0.6 is 24.0 Å². The van der Waals surface area contributed by atoms with Gasteiger partial charge in [0, 0.05) is 9.09 Å². The van der Waals surface area contributed by atoms with Gasteiger partial charge in [0.05, 0.1) is 0 Å². The van der Waals surface area contributed by atoms with Crippen LogP contribution in [0.15, 0.2) is 4.90 Å².